The summed E-state index contributed by atoms with van der Waals surface area (Å²) in [7, 11) is 1.22. The molecule has 1 spiro atoms. The van der Waals surface area contributed by atoms with Gasteiger partial charge in [-0.05, 0) is 67.7 Å². The van der Waals surface area contributed by atoms with E-state index in [1.54, 1.807) is 54.4 Å². The third-order valence-corrected chi connectivity index (χ3v) is 12.7. The lowest BCUT2D eigenvalue weighted by Crippen LogP contribution is -2.53. The number of ether oxygens (including phenoxy) is 4. The number of rotatable bonds is 13. The van der Waals surface area contributed by atoms with Crippen LogP contribution in [0.2, 0.25) is 0 Å². The minimum absolute atomic E-state index is 0.0376. The number of aromatic amines is 1. The number of carbonyl (C=O) groups excluding carboxylic acids is 4. The van der Waals surface area contributed by atoms with Gasteiger partial charge >= 0.3 is 12.5 Å². The first kappa shape index (κ1) is 47.7. The van der Waals surface area contributed by atoms with Crippen LogP contribution in [0, 0.1) is 17.3 Å². The number of methoxy groups -OCH3 is 1. The highest BCUT2D eigenvalue weighted by Crippen LogP contribution is 2.52. The number of hydrogen-bond donors (Lipinski definition) is 3. The van der Waals surface area contributed by atoms with Crippen LogP contribution in [-0.2, 0) is 28.6 Å². The molecule has 7 rings (SSSR count). The molecule has 3 saturated heterocycles. The second kappa shape index (κ2) is 18.9. The lowest BCUT2D eigenvalue weighted by atomic mass is 10.0. The van der Waals surface area contributed by atoms with Gasteiger partial charge in [0.15, 0.2) is 5.79 Å². The Labute approximate surface area is 381 Å². The van der Waals surface area contributed by atoms with Gasteiger partial charge in [-0.1, -0.05) is 58.0 Å². The number of anilines is 1. The van der Waals surface area contributed by atoms with Gasteiger partial charge in [-0.3, -0.25) is 14.4 Å². The average molecular weight is 919 g/mol. The summed E-state index contributed by atoms with van der Waals surface area (Å²) in [6, 6.07) is 9.18. The molecule has 0 radical (unpaired) electrons. The molecule has 1 saturated carbocycles. The van der Waals surface area contributed by atoms with Crippen molar-refractivity contribution >= 4 is 36.2 Å². The molecule has 2 aromatic carbocycles. The number of likely N-dealkylation sites (tertiary alicyclic amines) is 1. The number of carbonyl (C=O) groups is 4. The van der Waals surface area contributed by atoms with E-state index >= 15 is 0 Å². The largest absolute Gasteiger partial charge is 0.573 e. The van der Waals surface area contributed by atoms with Crippen LogP contribution in [0.5, 0.6) is 5.75 Å². The summed E-state index contributed by atoms with van der Waals surface area (Å²) in [5.41, 5.74) is 2.13. The van der Waals surface area contributed by atoms with E-state index in [0.717, 1.165) is 12.5 Å². The third kappa shape index (κ3) is 10.6. The SMILES string of the molecule is C=N/C(=C\C=C(/C)C(=O)Nc1ccc(-c2ccc(-c3cnc([C@@H]4CC5(CN4C(=O)[C@@H](NC(=O)OC)C(C)C)OCCO5)[nH]3)cc2)c(OC(F)(F)F)c1)N1CCN(C(=O)[C@H]2CC2(C)C)C[C@H]1C. The molecule has 0 bridgehead atoms. The average Bonchev–Trinajstić information content (AvgIpc) is 3.73. The van der Waals surface area contributed by atoms with E-state index in [1.807, 2.05) is 30.6 Å². The molecule has 3 aromatic rings. The van der Waals surface area contributed by atoms with Gasteiger partial charge in [-0.25, -0.2) is 14.8 Å². The highest BCUT2D eigenvalue weighted by molar-refractivity contribution is 6.03. The van der Waals surface area contributed by atoms with Gasteiger partial charge in [-0.15, -0.1) is 13.2 Å². The van der Waals surface area contributed by atoms with Gasteiger partial charge in [0.25, 0.3) is 5.91 Å². The Balaban J connectivity index is 1.04. The number of H-pyrrole nitrogens is 1. The summed E-state index contributed by atoms with van der Waals surface area (Å²) in [6.07, 6.45) is 0.219. The molecule has 3 aliphatic heterocycles. The second-order valence-corrected chi connectivity index (χ2v) is 18.2. The van der Waals surface area contributed by atoms with Crippen LogP contribution < -0.4 is 15.4 Å². The Bertz CT molecular complexity index is 2390. The normalized spacial score (nSPS) is 22.0. The molecular formula is C47H57F3N8O8. The number of nitrogens with one attached hydrogen (secondary N) is 3. The summed E-state index contributed by atoms with van der Waals surface area (Å²) < 4.78 is 62.5. The molecule has 1 aromatic heterocycles. The lowest BCUT2D eigenvalue weighted by molar-refractivity contribution is -0.274. The number of amides is 4. The molecule has 4 amide bonds. The number of piperazine rings is 1. The molecule has 1 aliphatic carbocycles. The Kier molecular flexibility index (Phi) is 13.7. The van der Waals surface area contributed by atoms with Crippen molar-refractivity contribution in [2.75, 3.05) is 51.8 Å². The van der Waals surface area contributed by atoms with E-state index in [0.29, 0.717) is 61.3 Å². The Morgan fingerprint density at radius 3 is 2.30 bits per heavy atom. The van der Waals surface area contributed by atoms with Gasteiger partial charge in [0.1, 0.15) is 23.4 Å². The van der Waals surface area contributed by atoms with Crippen molar-refractivity contribution in [1.29, 1.82) is 0 Å². The number of benzene rings is 2. The number of alkyl halides is 3. The number of hydrogen-bond acceptors (Lipinski definition) is 11. The quantitative estimate of drug-likeness (QED) is 0.0915. The van der Waals surface area contributed by atoms with E-state index < -0.39 is 42.0 Å². The van der Waals surface area contributed by atoms with Crippen LogP contribution in [-0.4, -0.2) is 126 Å². The maximum Gasteiger partial charge on any atom is 0.573 e. The minimum Gasteiger partial charge on any atom is -0.453 e. The van der Waals surface area contributed by atoms with Crippen LogP contribution in [0.25, 0.3) is 22.4 Å². The zero-order valence-corrected chi connectivity index (χ0v) is 38.2. The fourth-order valence-electron chi connectivity index (χ4n) is 8.78. The van der Waals surface area contributed by atoms with Crippen LogP contribution >= 0.6 is 0 Å². The first-order valence-corrected chi connectivity index (χ1v) is 21.9. The van der Waals surface area contributed by atoms with Crippen molar-refractivity contribution in [2.24, 2.45) is 22.2 Å². The molecule has 4 heterocycles. The molecule has 3 N–H and O–H groups in total. The molecule has 4 atom stereocenters. The first-order chi connectivity index (χ1) is 31.2. The number of halogens is 3. The Morgan fingerprint density at radius 1 is 1.02 bits per heavy atom. The number of aromatic nitrogens is 2. The van der Waals surface area contributed by atoms with Crippen LogP contribution in [0.1, 0.15) is 66.3 Å². The highest BCUT2D eigenvalue weighted by Gasteiger charge is 2.54. The smallest absolute Gasteiger partial charge is 0.453 e. The van der Waals surface area contributed by atoms with E-state index in [2.05, 4.69) is 50.9 Å². The summed E-state index contributed by atoms with van der Waals surface area (Å²) in [6.45, 7) is 17.5. The van der Waals surface area contributed by atoms with Crippen LogP contribution in [0.3, 0.4) is 0 Å². The predicted octanol–water partition coefficient (Wildman–Crippen LogP) is 7.05. The number of aliphatic imine (C=N–C) groups is 1. The van der Waals surface area contributed by atoms with Crippen molar-refractivity contribution in [2.45, 2.75) is 84.7 Å². The number of nitrogens with zero attached hydrogens (tertiary/aromatic N) is 5. The van der Waals surface area contributed by atoms with E-state index in [-0.39, 0.29) is 64.9 Å². The molecule has 66 heavy (non-hydrogen) atoms. The van der Waals surface area contributed by atoms with E-state index in [4.69, 9.17) is 14.2 Å². The summed E-state index contributed by atoms with van der Waals surface area (Å²) in [4.78, 5) is 70.0. The van der Waals surface area contributed by atoms with Crippen molar-refractivity contribution in [3.05, 3.63) is 78.0 Å². The summed E-state index contributed by atoms with van der Waals surface area (Å²) in [5.74, 6) is -1.54. The molecule has 16 nitrogen and oxygen atoms in total. The van der Waals surface area contributed by atoms with E-state index in [9.17, 15) is 32.3 Å². The first-order valence-electron chi connectivity index (χ1n) is 21.9. The topological polar surface area (TPSA) is 180 Å². The lowest BCUT2D eigenvalue weighted by Gasteiger charge is -2.41. The molecular weight excluding hydrogens is 862 g/mol. The van der Waals surface area contributed by atoms with Crippen molar-refractivity contribution in [3.63, 3.8) is 0 Å². The van der Waals surface area contributed by atoms with Crippen molar-refractivity contribution in [1.82, 2.24) is 30.0 Å². The second-order valence-electron chi connectivity index (χ2n) is 18.2. The standard InChI is InChI=1S/C47H57F3N8O8/c1-27(2)39(55-44(62)63-8)43(61)58-26-46(64-19-20-65-46)23-36(58)40-52-24-35(54-40)31-12-10-30(11-13-31)33-15-14-32(21-37(33)66-47(48,49)50)53-41(59)28(3)9-16-38(51-7)57-18-17-56(25-29(57)4)42(60)34-22-45(34,5)6/h9-16,21,24,27,29,34,36,39H,7,17-20,22-23,25-26H2,1-6,8H3,(H,52,54)(H,53,59)(H,55,62)/b28-9+,38-16+/t29-,34-,36+,39+/m1/s1. The Morgan fingerprint density at radius 2 is 1.70 bits per heavy atom. The maximum atomic E-state index is 14.0. The third-order valence-electron chi connectivity index (χ3n) is 12.7. The van der Waals surface area contributed by atoms with Gasteiger partial charge in [0.05, 0.1) is 44.8 Å². The zero-order chi connectivity index (χ0) is 47.7. The van der Waals surface area contributed by atoms with Gasteiger partial charge in [0, 0.05) is 60.9 Å². The fourth-order valence-corrected chi connectivity index (χ4v) is 8.78. The monoisotopic (exact) mass is 918 g/mol. The zero-order valence-electron chi connectivity index (χ0n) is 38.2. The van der Waals surface area contributed by atoms with Crippen molar-refractivity contribution in [3.8, 4) is 28.1 Å². The summed E-state index contributed by atoms with van der Waals surface area (Å²) >= 11 is 0. The van der Waals surface area contributed by atoms with Crippen molar-refractivity contribution < 1.29 is 51.3 Å². The fraction of sp³-hybridized carbons (Fsp3) is 0.489. The summed E-state index contributed by atoms with van der Waals surface area (Å²) in [5, 5.41) is 5.29. The van der Waals surface area contributed by atoms with E-state index in [1.165, 1.54) is 19.2 Å². The number of allylic oxidation sites excluding steroid dienone is 2. The molecule has 4 aliphatic rings. The van der Waals surface area contributed by atoms with Gasteiger partial charge in [-0.2, -0.15) is 0 Å². The predicted molar refractivity (Wildman–Crippen MR) is 239 cm³/mol. The van der Waals surface area contributed by atoms with Crippen LogP contribution in [0.4, 0.5) is 23.7 Å². The minimum atomic E-state index is -5.03. The highest BCUT2D eigenvalue weighted by atomic mass is 19.4. The molecule has 354 valence electrons. The van der Waals surface area contributed by atoms with Gasteiger partial charge in [0.2, 0.25) is 11.8 Å². The number of imidazole rings is 1. The molecule has 19 heteroatoms. The maximum absolute atomic E-state index is 14.0. The van der Waals surface area contributed by atoms with Gasteiger partial charge < -0.3 is 49.3 Å². The Hall–Kier alpha value is -6.21. The molecule has 0 unspecified atom stereocenters. The number of alkyl carbamates (subject to hydrolysis) is 1. The molecule has 4 fully saturated rings. The van der Waals surface area contributed by atoms with Crippen LogP contribution in [0.15, 0.2) is 77.2 Å².